The predicted octanol–water partition coefficient (Wildman–Crippen LogP) is 3.62. The first-order chi connectivity index (χ1) is 11.9. The summed E-state index contributed by atoms with van der Waals surface area (Å²) in [4.78, 5) is 11.2. The zero-order valence-electron chi connectivity index (χ0n) is 14.3. The van der Waals surface area contributed by atoms with E-state index in [0.717, 1.165) is 12.8 Å². The molecule has 7 heteroatoms. The number of anilines is 2. The first-order valence-electron chi connectivity index (χ1n) is 8.04. The van der Waals surface area contributed by atoms with E-state index in [0.29, 0.717) is 23.7 Å². The molecular formula is C18H22N2O4S. The summed E-state index contributed by atoms with van der Waals surface area (Å²) in [5.41, 5.74) is 0.891. The summed E-state index contributed by atoms with van der Waals surface area (Å²) >= 11 is 0. The molecule has 0 saturated heterocycles. The van der Waals surface area contributed by atoms with Crippen molar-refractivity contribution in [3.8, 4) is 5.75 Å². The third kappa shape index (κ3) is 5.79. The number of carbonyl (C=O) groups is 1. The van der Waals surface area contributed by atoms with Crippen LogP contribution in [0.5, 0.6) is 5.75 Å². The zero-order chi connectivity index (χ0) is 18.3. The molecule has 0 aliphatic rings. The fourth-order valence-electron chi connectivity index (χ4n) is 2.13. The molecule has 0 fully saturated rings. The first kappa shape index (κ1) is 18.8. The Morgan fingerprint density at radius 3 is 2.40 bits per heavy atom. The molecule has 0 aliphatic carbocycles. The molecule has 0 bridgehead atoms. The maximum absolute atomic E-state index is 12.5. The van der Waals surface area contributed by atoms with Gasteiger partial charge in [-0.3, -0.25) is 9.52 Å². The quantitative estimate of drug-likeness (QED) is 0.703. The van der Waals surface area contributed by atoms with E-state index in [9.17, 15) is 13.2 Å². The average molecular weight is 362 g/mol. The number of sulfonamides is 1. The van der Waals surface area contributed by atoms with Crippen molar-refractivity contribution in [3.63, 3.8) is 0 Å². The van der Waals surface area contributed by atoms with E-state index in [2.05, 4.69) is 17.0 Å². The average Bonchev–Trinajstić information content (AvgIpc) is 2.55. The number of hydrogen-bond acceptors (Lipinski definition) is 4. The van der Waals surface area contributed by atoms with Crippen molar-refractivity contribution < 1.29 is 17.9 Å². The molecule has 134 valence electrons. The van der Waals surface area contributed by atoms with E-state index < -0.39 is 10.0 Å². The summed E-state index contributed by atoms with van der Waals surface area (Å²) in [5.74, 6) is 0.415. The van der Waals surface area contributed by atoms with Gasteiger partial charge < -0.3 is 10.1 Å². The molecule has 0 saturated carbocycles. The van der Waals surface area contributed by atoms with Crippen LogP contribution in [0.25, 0.3) is 0 Å². The lowest BCUT2D eigenvalue weighted by atomic mass is 10.3. The second kappa shape index (κ2) is 8.53. The third-order valence-corrected chi connectivity index (χ3v) is 4.73. The smallest absolute Gasteiger partial charge is 0.261 e. The van der Waals surface area contributed by atoms with Crippen LogP contribution in [0.3, 0.4) is 0 Å². The number of hydrogen-bond donors (Lipinski definition) is 2. The summed E-state index contributed by atoms with van der Waals surface area (Å²) in [6.07, 6.45) is 1.99. The highest BCUT2D eigenvalue weighted by Crippen LogP contribution is 2.21. The van der Waals surface area contributed by atoms with Gasteiger partial charge in [-0.2, -0.15) is 0 Å². The summed E-state index contributed by atoms with van der Waals surface area (Å²) in [5, 5.41) is 2.61. The lowest BCUT2D eigenvalue weighted by Crippen LogP contribution is -2.13. The largest absolute Gasteiger partial charge is 0.494 e. The Morgan fingerprint density at radius 1 is 1.08 bits per heavy atom. The maximum Gasteiger partial charge on any atom is 0.261 e. The Kier molecular flexibility index (Phi) is 6.41. The predicted molar refractivity (Wildman–Crippen MR) is 98.4 cm³/mol. The van der Waals surface area contributed by atoms with Gasteiger partial charge in [0.1, 0.15) is 5.75 Å². The van der Waals surface area contributed by atoms with Crippen molar-refractivity contribution in [1.82, 2.24) is 0 Å². The standard InChI is InChI=1S/C18H22N2O4S/c1-3-4-12-24-17-8-10-18(11-9-17)25(22,23)20-16-7-5-6-15(13-16)19-14(2)21/h5-11,13,20H,3-4,12H2,1-2H3,(H,19,21). The van der Waals surface area contributed by atoms with Crippen LogP contribution in [0.4, 0.5) is 11.4 Å². The van der Waals surface area contributed by atoms with E-state index in [1.807, 2.05) is 0 Å². The minimum atomic E-state index is -3.72. The Balaban J connectivity index is 2.09. The van der Waals surface area contributed by atoms with Gasteiger partial charge in [0, 0.05) is 12.6 Å². The SMILES string of the molecule is CCCCOc1ccc(S(=O)(=O)Nc2cccc(NC(C)=O)c2)cc1. The van der Waals surface area contributed by atoms with Gasteiger partial charge >= 0.3 is 0 Å². The lowest BCUT2D eigenvalue weighted by Gasteiger charge is -2.11. The normalized spacial score (nSPS) is 11.0. The lowest BCUT2D eigenvalue weighted by molar-refractivity contribution is -0.114. The number of rotatable bonds is 8. The number of ether oxygens (including phenoxy) is 1. The molecule has 2 aromatic rings. The number of nitrogens with one attached hydrogen (secondary N) is 2. The van der Waals surface area contributed by atoms with Crippen molar-refractivity contribution in [2.45, 2.75) is 31.6 Å². The molecular weight excluding hydrogens is 340 g/mol. The molecule has 25 heavy (non-hydrogen) atoms. The van der Waals surface area contributed by atoms with Gasteiger partial charge in [0.05, 0.1) is 17.2 Å². The van der Waals surface area contributed by atoms with Gasteiger partial charge in [0.25, 0.3) is 10.0 Å². The molecule has 0 aliphatic heterocycles. The maximum atomic E-state index is 12.5. The van der Waals surface area contributed by atoms with E-state index in [1.165, 1.54) is 19.1 Å². The highest BCUT2D eigenvalue weighted by molar-refractivity contribution is 7.92. The monoisotopic (exact) mass is 362 g/mol. The first-order valence-corrected chi connectivity index (χ1v) is 9.52. The number of unbranched alkanes of at least 4 members (excludes halogenated alkanes) is 1. The van der Waals surface area contributed by atoms with Gasteiger partial charge in [-0.25, -0.2) is 8.42 Å². The Labute approximate surface area is 148 Å². The summed E-state index contributed by atoms with van der Waals surface area (Å²) in [6, 6.07) is 12.8. The van der Waals surface area contributed by atoms with E-state index in [-0.39, 0.29) is 10.8 Å². The van der Waals surface area contributed by atoms with Crippen LogP contribution in [-0.2, 0) is 14.8 Å². The fraction of sp³-hybridized carbons (Fsp3) is 0.278. The topological polar surface area (TPSA) is 84.5 Å². The van der Waals surface area contributed by atoms with Crippen molar-refractivity contribution in [2.24, 2.45) is 0 Å². The minimum Gasteiger partial charge on any atom is -0.494 e. The van der Waals surface area contributed by atoms with E-state index in [1.54, 1.807) is 36.4 Å². The molecule has 0 radical (unpaired) electrons. The molecule has 0 unspecified atom stereocenters. The van der Waals surface area contributed by atoms with Crippen LogP contribution in [0.15, 0.2) is 53.4 Å². The fourth-order valence-corrected chi connectivity index (χ4v) is 3.18. The van der Waals surface area contributed by atoms with E-state index in [4.69, 9.17) is 4.74 Å². The highest BCUT2D eigenvalue weighted by Gasteiger charge is 2.14. The van der Waals surface area contributed by atoms with Crippen molar-refractivity contribution in [2.75, 3.05) is 16.6 Å². The van der Waals surface area contributed by atoms with Crippen LogP contribution >= 0.6 is 0 Å². The Bertz CT molecular complexity index is 817. The molecule has 0 aromatic heterocycles. The van der Waals surface area contributed by atoms with Gasteiger partial charge in [-0.1, -0.05) is 19.4 Å². The number of amides is 1. The summed E-state index contributed by atoms with van der Waals surface area (Å²) in [7, 11) is -3.72. The molecule has 2 N–H and O–H groups in total. The van der Waals surface area contributed by atoms with Crippen molar-refractivity contribution >= 4 is 27.3 Å². The number of carbonyl (C=O) groups excluding carboxylic acids is 1. The molecule has 2 rings (SSSR count). The van der Waals surface area contributed by atoms with Gasteiger partial charge in [0.15, 0.2) is 0 Å². The highest BCUT2D eigenvalue weighted by atomic mass is 32.2. The molecule has 6 nitrogen and oxygen atoms in total. The van der Waals surface area contributed by atoms with Gasteiger partial charge in [0.2, 0.25) is 5.91 Å². The molecule has 0 heterocycles. The number of benzene rings is 2. The van der Waals surface area contributed by atoms with Gasteiger partial charge in [-0.15, -0.1) is 0 Å². The zero-order valence-corrected chi connectivity index (χ0v) is 15.1. The van der Waals surface area contributed by atoms with Crippen molar-refractivity contribution in [1.29, 1.82) is 0 Å². The molecule has 2 aromatic carbocycles. The van der Waals surface area contributed by atoms with Crippen LogP contribution in [0.2, 0.25) is 0 Å². The second-order valence-electron chi connectivity index (χ2n) is 5.54. The van der Waals surface area contributed by atoms with Crippen LogP contribution in [0, 0.1) is 0 Å². The molecule has 0 spiro atoms. The summed E-state index contributed by atoms with van der Waals surface area (Å²) in [6.45, 7) is 4.07. The summed E-state index contributed by atoms with van der Waals surface area (Å²) < 4.78 is 33.0. The molecule has 0 atom stereocenters. The Hall–Kier alpha value is -2.54. The van der Waals surface area contributed by atoms with Crippen molar-refractivity contribution in [3.05, 3.63) is 48.5 Å². The minimum absolute atomic E-state index is 0.139. The van der Waals surface area contributed by atoms with Crippen LogP contribution in [-0.4, -0.2) is 20.9 Å². The van der Waals surface area contributed by atoms with Crippen LogP contribution < -0.4 is 14.8 Å². The van der Waals surface area contributed by atoms with Gasteiger partial charge in [-0.05, 0) is 48.9 Å². The Morgan fingerprint density at radius 2 is 1.76 bits per heavy atom. The second-order valence-corrected chi connectivity index (χ2v) is 7.22. The van der Waals surface area contributed by atoms with E-state index >= 15 is 0 Å². The molecule has 1 amide bonds. The third-order valence-electron chi connectivity index (χ3n) is 3.34. The van der Waals surface area contributed by atoms with Crippen LogP contribution in [0.1, 0.15) is 26.7 Å².